The van der Waals surface area contributed by atoms with Gasteiger partial charge in [-0.2, -0.15) is 0 Å². The van der Waals surface area contributed by atoms with Gasteiger partial charge in [-0.15, -0.1) is 5.10 Å². The van der Waals surface area contributed by atoms with Gasteiger partial charge in [-0.25, -0.2) is 9.67 Å². The van der Waals surface area contributed by atoms with Crippen molar-refractivity contribution in [3.63, 3.8) is 0 Å². The number of hydrogen-bond donors (Lipinski definition) is 2. The zero-order valence-corrected chi connectivity index (χ0v) is 13.2. The molecule has 2 aromatic rings. The number of aliphatic hydroxyl groups excluding tert-OH is 1. The largest absolute Gasteiger partial charge is 0.394 e. The fourth-order valence-corrected chi connectivity index (χ4v) is 2.22. The van der Waals surface area contributed by atoms with Crippen LogP contribution in [0.25, 0.3) is 5.69 Å². The van der Waals surface area contributed by atoms with Crippen molar-refractivity contribution in [3.8, 4) is 5.69 Å². The first-order valence-corrected chi connectivity index (χ1v) is 7.28. The molecule has 118 valence electrons. The Morgan fingerprint density at radius 3 is 2.59 bits per heavy atom. The van der Waals surface area contributed by atoms with Crippen LogP contribution in [-0.4, -0.2) is 38.4 Å². The highest BCUT2D eigenvalue weighted by atomic mass is 16.3. The maximum atomic E-state index is 12.2. The van der Waals surface area contributed by atoms with Crippen LogP contribution in [0.1, 0.15) is 37.8 Å². The summed E-state index contributed by atoms with van der Waals surface area (Å²) in [7, 11) is 0. The normalized spacial score (nSPS) is 12.9. The zero-order valence-electron chi connectivity index (χ0n) is 13.2. The number of rotatable bonds is 5. The van der Waals surface area contributed by atoms with Crippen molar-refractivity contribution >= 4 is 5.91 Å². The second kappa shape index (κ2) is 6.70. The molecule has 0 radical (unpaired) electrons. The van der Waals surface area contributed by atoms with Gasteiger partial charge in [-0.05, 0) is 24.0 Å². The molecule has 2 N–H and O–H groups in total. The number of hydrogen-bond acceptors (Lipinski definition) is 4. The van der Waals surface area contributed by atoms with E-state index < -0.39 is 0 Å². The van der Waals surface area contributed by atoms with Crippen molar-refractivity contribution in [1.29, 1.82) is 0 Å². The number of nitrogens with zero attached hydrogens (tertiary/aromatic N) is 3. The summed E-state index contributed by atoms with van der Waals surface area (Å²) in [5.74, 6) is -0.283. The van der Waals surface area contributed by atoms with E-state index in [0.717, 1.165) is 5.69 Å². The van der Waals surface area contributed by atoms with E-state index in [9.17, 15) is 9.90 Å². The van der Waals surface area contributed by atoms with Gasteiger partial charge in [-0.1, -0.05) is 39.0 Å². The number of nitrogens with one attached hydrogen (secondary N) is 1. The summed E-state index contributed by atoms with van der Waals surface area (Å²) in [6.45, 7) is 6.07. The first-order valence-electron chi connectivity index (χ1n) is 7.28. The molecule has 0 aliphatic rings. The molecule has 22 heavy (non-hydrogen) atoms. The molecule has 0 aliphatic carbocycles. The lowest BCUT2D eigenvalue weighted by Crippen LogP contribution is -2.40. The summed E-state index contributed by atoms with van der Waals surface area (Å²) in [4.78, 5) is 16.2. The van der Waals surface area contributed by atoms with Gasteiger partial charge in [0.15, 0.2) is 0 Å². The fraction of sp³-hybridized carbons (Fsp3) is 0.438. The van der Waals surface area contributed by atoms with Crippen molar-refractivity contribution in [2.24, 2.45) is 5.41 Å². The molecule has 6 nitrogen and oxygen atoms in total. The third-order valence-corrected chi connectivity index (χ3v) is 3.13. The topological polar surface area (TPSA) is 80.0 Å². The Bertz CT molecular complexity index is 617. The van der Waals surface area contributed by atoms with Crippen LogP contribution in [-0.2, 0) is 0 Å². The highest BCUT2D eigenvalue weighted by Crippen LogP contribution is 2.20. The third-order valence-electron chi connectivity index (χ3n) is 3.13. The molecule has 0 bridgehead atoms. The average molecular weight is 302 g/mol. The van der Waals surface area contributed by atoms with Gasteiger partial charge in [0, 0.05) is 0 Å². The van der Waals surface area contributed by atoms with Gasteiger partial charge in [0.25, 0.3) is 5.91 Å². The van der Waals surface area contributed by atoms with E-state index in [2.05, 4.69) is 36.2 Å². The number of carbonyl (C=O) groups excluding carboxylic acids is 1. The van der Waals surface area contributed by atoms with Crippen molar-refractivity contribution < 1.29 is 9.90 Å². The maximum Gasteiger partial charge on any atom is 0.291 e. The van der Waals surface area contributed by atoms with Crippen molar-refractivity contribution in [2.45, 2.75) is 33.2 Å². The molecular formula is C16H22N4O2. The standard InChI is InChI=1S/C16H22N4O2/c1-16(2,3)9-12(10-21)18-15(22)14-17-11-20(19-14)13-7-5-4-6-8-13/h4-8,11-12,21H,9-10H2,1-3H3,(H,18,22). The summed E-state index contributed by atoms with van der Waals surface area (Å²) < 4.78 is 1.55. The minimum Gasteiger partial charge on any atom is -0.394 e. The Hall–Kier alpha value is -2.21. The highest BCUT2D eigenvalue weighted by molar-refractivity contribution is 5.90. The van der Waals surface area contributed by atoms with Gasteiger partial charge in [-0.3, -0.25) is 4.79 Å². The summed E-state index contributed by atoms with van der Waals surface area (Å²) in [5, 5.41) is 16.4. The molecule has 1 unspecified atom stereocenters. The highest BCUT2D eigenvalue weighted by Gasteiger charge is 2.22. The Morgan fingerprint density at radius 2 is 2.00 bits per heavy atom. The molecule has 1 aromatic heterocycles. The zero-order chi connectivity index (χ0) is 16.2. The van der Waals surface area contributed by atoms with E-state index in [-0.39, 0.29) is 29.8 Å². The molecule has 0 aliphatic heterocycles. The second-order valence-corrected chi connectivity index (χ2v) is 6.47. The Balaban J connectivity index is 2.06. The molecule has 1 amide bonds. The Morgan fingerprint density at radius 1 is 1.32 bits per heavy atom. The summed E-state index contributed by atoms with van der Waals surface area (Å²) in [6.07, 6.45) is 2.18. The number of carbonyl (C=O) groups is 1. The predicted molar refractivity (Wildman–Crippen MR) is 83.8 cm³/mol. The minimum atomic E-state index is -0.377. The van der Waals surface area contributed by atoms with Gasteiger partial charge in [0.05, 0.1) is 18.3 Å². The monoisotopic (exact) mass is 302 g/mol. The van der Waals surface area contributed by atoms with Crippen LogP contribution < -0.4 is 5.32 Å². The van der Waals surface area contributed by atoms with E-state index in [0.29, 0.717) is 6.42 Å². The summed E-state index contributed by atoms with van der Waals surface area (Å²) >= 11 is 0. The van der Waals surface area contributed by atoms with Crippen LogP contribution in [0, 0.1) is 5.41 Å². The number of aromatic nitrogens is 3. The van der Waals surface area contributed by atoms with Gasteiger partial charge >= 0.3 is 0 Å². The van der Waals surface area contributed by atoms with E-state index in [1.54, 1.807) is 4.68 Å². The van der Waals surface area contributed by atoms with Crippen LogP contribution in [0.15, 0.2) is 36.7 Å². The first kappa shape index (κ1) is 16.2. The minimum absolute atomic E-state index is 0.0114. The molecule has 0 saturated heterocycles. The first-order chi connectivity index (χ1) is 10.4. The van der Waals surface area contributed by atoms with E-state index >= 15 is 0 Å². The van der Waals surface area contributed by atoms with Gasteiger partial charge in [0.1, 0.15) is 6.33 Å². The average Bonchev–Trinajstić information content (AvgIpc) is 2.96. The summed E-state index contributed by atoms with van der Waals surface area (Å²) in [5.41, 5.74) is 0.847. The molecule has 1 heterocycles. The number of amides is 1. The lowest BCUT2D eigenvalue weighted by atomic mass is 9.88. The van der Waals surface area contributed by atoms with Crippen LogP contribution >= 0.6 is 0 Å². The molecule has 1 aromatic carbocycles. The Labute approximate surface area is 130 Å². The number of benzene rings is 1. The summed E-state index contributed by atoms with van der Waals surface area (Å²) in [6, 6.07) is 9.14. The van der Waals surface area contributed by atoms with Crippen LogP contribution in [0.3, 0.4) is 0 Å². The van der Waals surface area contributed by atoms with Crippen LogP contribution in [0.5, 0.6) is 0 Å². The molecule has 0 spiro atoms. The lowest BCUT2D eigenvalue weighted by molar-refractivity contribution is 0.0887. The van der Waals surface area contributed by atoms with Crippen molar-refractivity contribution in [2.75, 3.05) is 6.61 Å². The maximum absolute atomic E-state index is 12.2. The Kier molecular flexibility index (Phi) is 4.92. The molecule has 6 heteroatoms. The third kappa shape index (κ3) is 4.39. The SMILES string of the molecule is CC(C)(C)CC(CO)NC(=O)c1ncn(-c2ccccc2)n1. The fourth-order valence-electron chi connectivity index (χ4n) is 2.22. The van der Waals surface area contributed by atoms with Gasteiger partial charge in [0.2, 0.25) is 5.82 Å². The molecule has 2 rings (SSSR count). The van der Waals surface area contributed by atoms with Crippen molar-refractivity contribution in [3.05, 3.63) is 42.5 Å². The van der Waals surface area contributed by atoms with Crippen molar-refractivity contribution in [1.82, 2.24) is 20.1 Å². The van der Waals surface area contributed by atoms with Crippen LogP contribution in [0.2, 0.25) is 0 Å². The molecule has 0 saturated carbocycles. The van der Waals surface area contributed by atoms with E-state index in [4.69, 9.17) is 0 Å². The number of aliphatic hydroxyl groups is 1. The van der Waals surface area contributed by atoms with E-state index in [1.165, 1.54) is 6.33 Å². The van der Waals surface area contributed by atoms with Gasteiger partial charge < -0.3 is 10.4 Å². The second-order valence-electron chi connectivity index (χ2n) is 6.47. The molecule has 0 fully saturated rings. The predicted octanol–water partition coefficient (Wildman–Crippen LogP) is 1.79. The molecular weight excluding hydrogens is 280 g/mol. The number of para-hydroxylation sites is 1. The molecule has 1 atom stereocenters. The smallest absolute Gasteiger partial charge is 0.291 e. The lowest BCUT2D eigenvalue weighted by Gasteiger charge is -2.24. The van der Waals surface area contributed by atoms with Crippen LogP contribution in [0.4, 0.5) is 0 Å². The quantitative estimate of drug-likeness (QED) is 0.882. The van der Waals surface area contributed by atoms with E-state index in [1.807, 2.05) is 30.3 Å².